The smallest absolute Gasteiger partial charge is 0.222 e. The molecule has 0 unspecified atom stereocenters. The molecular formula is C15H29NO. The number of likely N-dealkylation sites (tertiary alicyclic amines) is 1. The molecule has 0 N–H and O–H groups in total. The second-order valence-corrected chi connectivity index (χ2v) is 6.62. The van der Waals surface area contributed by atoms with Crippen molar-refractivity contribution in [3.05, 3.63) is 0 Å². The van der Waals surface area contributed by atoms with E-state index in [2.05, 4.69) is 39.5 Å². The van der Waals surface area contributed by atoms with Crippen LogP contribution in [0.25, 0.3) is 0 Å². The number of piperidine rings is 1. The summed E-state index contributed by atoms with van der Waals surface area (Å²) in [5.41, 5.74) is 0.389. The lowest BCUT2D eigenvalue weighted by atomic mass is 9.71. The second-order valence-electron chi connectivity index (χ2n) is 6.62. The number of amides is 1. The van der Waals surface area contributed by atoms with Crippen LogP contribution in [0.1, 0.15) is 60.3 Å². The van der Waals surface area contributed by atoms with Crippen molar-refractivity contribution in [1.82, 2.24) is 4.90 Å². The Morgan fingerprint density at radius 1 is 1.29 bits per heavy atom. The Kier molecular flexibility index (Phi) is 5.03. The van der Waals surface area contributed by atoms with E-state index in [1.807, 2.05) is 0 Å². The van der Waals surface area contributed by atoms with Gasteiger partial charge in [0.1, 0.15) is 0 Å². The molecule has 0 bridgehead atoms. The molecule has 0 aromatic carbocycles. The molecule has 1 amide bonds. The fourth-order valence-electron chi connectivity index (χ4n) is 2.73. The minimum absolute atomic E-state index is 0.356. The molecular weight excluding hydrogens is 210 g/mol. The Labute approximate surface area is 107 Å². The van der Waals surface area contributed by atoms with Gasteiger partial charge in [0.2, 0.25) is 5.91 Å². The summed E-state index contributed by atoms with van der Waals surface area (Å²) < 4.78 is 0. The fraction of sp³-hybridized carbons (Fsp3) is 0.933. The molecule has 0 radical (unpaired) electrons. The second kappa shape index (κ2) is 5.88. The van der Waals surface area contributed by atoms with Crippen molar-refractivity contribution < 1.29 is 4.79 Å². The van der Waals surface area contributed by atoms with Crippen molar-refractivity contribution >= 4 is 5.91 Å². The first-order chi connectivity index (χ1) is 7.86. The van der Waals surface area contributed by atoms with Crippen molar-refractivity contribution in [2.24, 2.45) is 17.3 Å². The lowest BCUT2D eigenvalue weighted by molar-refractivity contribution is -0.133. The molecule has 1 atom stereocenters. The van der Waals surface area contributed by atoms with Crippen LogP contribution in [0.3, 0.4) is 0 Å². The minimum Gasteiger partial charge on any atom is -0.343 e. The predicted molar refractivity (Wildman–Crippen MR) is 72.8 cm³/mol. The molecule has 1 aliphatic heterocycles. The average molecular weight is 239 g/mol. The number of carbonyl (C=O) groups excluding carboxylic acids is 1. The van der Waals surface area contributed by atoms with E-state index in [1.54, 1.807) is 0 Å². The summed E-state index contributed by atoms with van der Waals surface area (Å²) in [6, 6.07) is 0. The van der Waals surface area contributed by atoms with Gasteiger partial charge in [-0.1, -0.05) is 34.6 Å². The van der Waals surface area contributed by atoms with E-state index in [-0.39, 0.29) is 0 Å². The van der Waals surface area contributed by atoms with Crippen LogP contribution in [0.2, 0.25) is 0 Å². The van der Waals surface area contributed by atoms with E-state index in [9.17, 15) is 4.79 Å². The van der Waals surface area contributed by atoms with Gasteiger partial charge in [-0.05, 0) is 36.5 Å². The summed E-state index contributed by atoms with van der Waals surface area (Å²) in [6.07, 6.45) is 4.07. The maximum Gasteiger partial charge on any atom is 0.222 e. The molecule has 1 aliphatic rings. The molecule has 17 heavy (non-hydrogen) atoms. The third-order valence-corrected chi connectivity index (χ3v) is 4.43. The summed E-state index contributed by atoms with van der Waals surface area (Å²) in [5.74, 6) is 1.89. The zero-order valence-corrected chi connectivity index (χ0v) is 12.3. The monoisotopic (exact) mass is 239 g/mol. The third-order valence-electron chi connectivity index (χ3n) is 4.43. The number of hydrogen-bond acceptors (Lipinski definition) is 1. The third kappa shape index (κ3) is 4.01. The SMILES string of the molecule is CCCC(=O)N1CCC([C@@H](C)C(C)(C)C)CC1. The largest absolute Gasteiger partial charge is 0.343 e. The molecule has 1 heterocycles. The van der Waals surface area contributed by atoms with E-state index < -0.39 is 0 Å². The summed E-state index contributed by atoms with van der Waals surface area (Å²) in [6.45, 7) is 13.4. The molecule has 0 aromatic rings. The van der Waals surface area contributed by atoms with E-state index in [1.165, 1.54) is 12.8 Å². The number of hydrogen-bond donors (Lipinski definition) is 0. The Hall–Kier alpha value is -0.530. The van der Waals surface area contributed by atoms with Crippen LogP contribution in [0, 0.1) is 17.3 Å². The molecule has 0 aromatic heterocycles. The maximum absolute atomic E-state index is 11.8. The van der Waals surface area contributed by atoms with Crippen LogP contribution in [0.5, 0.6) is 0 Å². The van der Waals surface area contributed by atoms with Gasteiger partial charge in [0.25, 0.3) is 0 Å². The summed E-state index contributed by atoms with van der Waals surface area (Å²) in [4.78, 5) is 13.9. The van der Waals surface area contributed by atoms with Crippen molar-refractivity contribution in [3.63, 3.8) is 0 Å². The van der Waals surface area contributed by atoms with E-state index >= 15 is 0 Å². The summed E-state index contributed by atoms with van der Waals surface area (Å²) >= 11 is 0. The topological polar surface area (TPSA) is 20.3 Å². The quantitative estimate of drug-likeness (QED) is 0.735. The van der Waals surface area contributed by atoms with E-state index in [4.69, 9.17) is 0 Å². The van der Waals surface area contributed by atoms with Crippen molar-refractivity contribution in [2.75, 3.05) is 13.1 Å². The van der Waals surface area contributed by atoms with Gasteiger partial charge >= 0.3 is 0 Å². The van der Waals surface area contributed by atoms with Crippen LogP contribution < -0.4 is 0 Å². The molecule has 100 valence electrons. The predicted octanol–water partition coefficient (Wildman–Crippen LogP) is 3.71. The zero-order valence-electron chi connectivity index (χ0n) is 12.3. The average Bonchev–Trinajstić information content (AvgIpc) is 2.27. The van der Waals surface area contributed by atoms with Gasteiger partial charge in [0, 0.05) is 19.5 Å². The molecule has 1 saturated heterocycles. The highest BCUT2D eigenvalue weighted by atomic mass is 16.2. The fourth-order valence-corrected chi connectivity index (χ4v) is 2.73. The van der Waals surface area contributed by atoms with Crippen LogP contribution in [-0.4, -0.2) is 23.9 Å². The van der Waals surface area contributed by atoms with Crippen LogP contribution in [0.4, 0.5) is 0 Å². The minimum atomic E-state index is 0.356. The molecule has 2 nitrogen and oxygen atoms in total. The van der Waals surface area contributed by atoms with Crippen LogP contribution in [0.15, 0.2) is 0 Å². The number of carbonyl (C=O) groups is 1. The van der Waals surface area contributed by atoms with Gasteiger partial charge in [0.15, 0.2) is 0 Å². The molecule has 0 spiro atoms. The van der Waals surface area contributed by atoms with E-state index in [0.717, 1.165) is 37.8 Å². The van der Waals surface area contributed by atoms with Gasteiger partial charge in [-0.2, -0.15) is 0 Å². The van der Waals surface area contributed by atoms with Crippen molar-refractivity contribution in [1.29, 1.82) is 0 Å². The molecule has 0 aliphatic carbocycles. The lowest BCUT2D eigenvalue weighted by Crippen LogP contribution is -2.41. The maximum atomic E-state index is 11.8. The molecule has 2 heteroatoms. The first-order valence-corrected chi connectivity index (χ1v) is 7.14. The van der Waals surface area contributed by atoms with Gasteiger partial charge in [-0.25, -0.2) is 0 Å². The molecule has 1 rings (SSSR count). The lowest BCUT2D eigenvalue weighted by Gasteiger charge is -2.40. The number of nitrogens with zero attached hydrogens (tertiary/aromatic N) is 1. The summed E-state index contributed by atoms with van der Waals surface area (Å²) in [7, 11) is 0. The Balaban J connectivity index is 2.43. The van der Waals surface area contributed by atoms with Gasteiger partial charge < -0.3 is 4.90 Å². The summed E-state index contributed by atoms with van der Waals surface area (Å²) in [5, 5.41) is 0. The van der Waals surface area contributed by atoms with Gasteiger partial charge in [-0.3, -0.25) is 4.79 Å². The highest BCUT2D eigenvalue weighted by molar-refractivity contribution is 5.76. The highest BCUT2D eigenvalue weighted by Gasteiger charge is 2.31. The van der Waals surface area contributed by atoms with Gasteiger partial charge in [-0.15, -0.1) is 0 Å². The molecule has 1 fully saturated rings. The van der Waals surface area contributed by atoms with Crippen LogP contribution in [-0.2, 0) is 4.79 Å². The zero-order chi connectivity index (χ0) is 13.1. The Bertz CT molecular complexity index is 246. The normalized spacial score (nSPS) is 20.4. The standard InChI is InChI=1S/C15H29NO/c1-6-7-14(17)16-10-8-13(9-11-16)12(2)15(3,4)5/h12-13H,6-11H2,1-5H3/t12-/m1/s1. The van der Waals surface area contributed by atoms with Crippen LogP contribution >= 0.6 is 0 Å². The number of rotatable bonds is 3. The first kappa shape index (κ1) is 14.5. The highest BCUT2D eigenvalue weighted by Crippen LogP contribution is 2.37. The van der Waals surface area contributed by atoms with E-state index in [0.29, 0.717) is 11.3 Å². The first-order valence-electron chi connectivity index (χ1n) is 7.14. The Morgan fingerprint density at radius 2 is 1.82 bits per heavy atom. The Morgan fingerprint density at radius 3 is 2.24 bits per heavy atom. The van der Waals surface area contributed by atoms with Crippen molar-refractivity contribution in [2.45, 2.75) is 60.3 Å². The van der Waals surface area contributed by atoms with Gasteiger partial charge in [0.05, 0.1) is 0 Å². The molecule has 0 saturated carbocycles. The van der Waals surface area contributed by atoms with Crippen molar-refractivity contribution in [3.8, 4) is 0 Å².